The van der Waals surface area contributed by atoms with E-state index in [9.17, 15) is 9.59 Å². The summed E-state index contributed by atoms with van der Waals surface area (Å²) >= 11 is 5.81. The molecule has 36 heavy (non-hydrogen) atoms. The zero-order chi connectivity index (χ0) is 25.1. The Morgan fingerprint density at radius 3 is 2.42 bits per heavy atom. The van der Waals surface area contributed by atoms with E-state index in [0.29, 0.717) is 41.0 Å². The van der Waals surface area contributed by atoms with Gasteiger partial charge in [0.1, 0.15) is 5.15 Å². The summed E-state index contributed by atoms with van der Waals surface area (Å²) in [5, 5.41) is 3.21. The number of carbonyl (C=O) groups excluding carboxylic acids is 2. The lowest BCUT2D eigenvalue weighted by Crippen LogP contribution is -2.38. The fourth-order valence-electron chi connectivity index (χ4n) is 4.52. The molecule has 0 radical (unpaired) electrons. The first-order valence-corrected chi connectivity index (χ1v) is 12.3. The number of likely N-dealkylation sites (tertiary alicyclic amines) is 1. The second kappa shape index (κ2) is 10.3. The van der Waals surface area contributed by atoms with Crippen LogP contribution in [0.1, 0.15) is 50.6 Å². The van der Waals surface area contributed by atoms with Gasteiger partial charge in [0, 0.05) is 48.6 Å². The molecule has 3 heterocycles. The Kier molecular flexibility index (Phi) is 6.82. The standard InChI is InChI=1S/C28H26ClN5O2/c1-19-2-3-22(16-25(19)32-27(35)23-6-9-26(29)31-17-23)28(36)33-13-10-21(11-14-33)20-4-7-24(8-5-20)34-15-12-30-18-34/h2-9,12,15-18,21H,10-11,13-14H2,1H3,(H,32,35). The van der Waals surface area contributed by atoms with Gasteiger partial charge >= 0.3 is 0 Å². The molecule has 182 valence electrons. The average Bonchev–Trinajstić information content (AvgIpc) is 3.45. The van der Waals surface area contributed by atoms with Crippen LogP contribution in [0.15, 0.2) is 79.5 Å². The molecule has 0 spiro atoms. The van der Waals surface area contributed by atoms with Crippen molar-refractivity contribution in [2.45, 2.75) is 25.7 Å². The van der Waals surface area contributed by atoms with E-state index in [1.165, 1.54) is 11.8 Å². The van der Waals surface area contributed by atoms with E-state index in [0.717, 1.165) is 24.1 Å². The highest BCUT2D eigenvalue weighted by Gasteiger charge is 2.25. The number of amides is 2. The van der Waals surface area contributed by atoms with E-state index >= 15 is 0 Å². The number of aryl methyl sites for hydroxylation is 1. The van der Waals surface area contributed by atoms with Gasteiger partial charge in [-0.1, -0.05) is 29.8 Å². The zero-order valence-electron chi connectivity index (χ0n) is 19.9. The van der Waals surface area contributed by atoms with Gasteiger partial charge < -0.3 is 14.8 Å². The fraction of sp³-hybridized carbons (Fsp3) is 0.214. The van der Waals surface area contributed by atoms with Crippen molar-refractivity contribution in [1.82, 2.24) is 19.4 Å². The minimum absolute atomic E-state index is 0.0208. The van der Waals surface area contributed by atoms with Crippen LogP contribution in [0.2, 0.25) is 5.15 Å². The summed E-state index contributed by atoms with van der Waals surface area (Å²) in [6, 6.07) is 17.2. The number of pyridine rings is 1. The van der Waals surface area contributed by atoms with Crippen LogP contribution in [0.3, 0.4) is 0 Å². The minimum atomic E-state index is -0.299. The Bertz CT molecular complexity index is 1360. The summed E-state index contributed by atoms with van der Waals surface area (Å²) < 4.78 is 1.98. The highest BCUT2D eigenvalue weighted by molar-refractivity contribution is 6.29. The lowest BCUT2D eigenvalue weighted by Gasteiger charge is -2.32. The number of hydrogen-bond donors (Lipinski definition) is 1. The maximum atomic E-state index is 13.3. The summed E-state index contributed by atoms with van der Waals surface area (Å²) in [6.07, 6.45) is 8.73. The quantitative estimate of drug-likeness (QED) is 0.368. The molecule has 7 nitrogen and oxygen atoms in total. The van der Waals surface area contributed by atoms with Gasteiger partial charge in [-0.25, -0.2) is 9.97 Å². The molecule has 0 saturated carbocycles. The molecular weight excluding hydrogens is 474 g/mol. The number of benzene rings is 2. The Labute approximate surface area is 214 Å². The number of rotatable bonds is 5. The number of nitrogens with zero attached hydrogens (tertiary/aromatic N) is 4. The molecule has 1 fully saturated rings. The second-order valence-electron chi connectivity index (χ2n) is 8.98. The van der Waals surface area contributed by atoms with Crippen LogP contribution >= 0.6 is 11.6 Å². The molecule has 2 aromatic heterocycles. The molecule has 0 aliphatic carbocycles. The Hall–Kier alpha value is -3.97. The normalized spacial score (nSPS) is 14.0. The zero-order valence-corrected chi connectivity index (χ0v) is 20.7. The minimum Gasteiger partial charge on any atom is -0.339 e. The highest BCUT2D eigenvalue weighted by atomic mass is 35.5. The van der Waals surface area contributed by atoms with Crippen LogP contribution in [0.4, 0.5) is 5.69 Å². The number of anilines is 1. The first kappa shape index (κ1) is 23.8. The maximum Gasteiger partial charge on any atom is 0.257 e. The third-order valence-corrected chi connectivity index (χ3v) is 6.90. The van der Waals surface area contributed by atoms with Gasteiger partial charge in [-0.2, -0.15) is 0 Å². The van der Waals surface area contributed by atoms with Crippen LogP contribution in [-0.4, -0.2) is 44.3 Å². The number of nitrogens with one attached hydrogen (secondary N) is 1. The van der Waals surface area contributed by atoms with Crippen molar-refractivity contribution in [3.05, 3.63) is 107 Å². The molecule has 0 bridgehead atoms. The number of carbonyl (C=O) groups is 2. The maximum absolute atomic E-state index is 13.3. The van der Waals surface area contributed by atoms with E-state index in [-0.39, 0.29) is 11.8 Å². The highest BCUT2D eigenvalue weighted by Crippen LogP contribution is 2.30. The van der Waals surface area contributed by atoms with Gasteiger partial charge in [-0.15, -0.1) is 0 Å². The third kappa shape index (κ3) is 5.16. The van der Waals surface area contributed by atoms with Crippen molar-refractivity contribution in [3.63, 3.8) is 0 Å². The van der Waals surface area contributed by atoms with Gasteiger partial charge in [0.15, 0.2) is 0 Å². The summed E-state index contributed by atoms with van der Waals surface area (Å²) in [7, 11) is 0. The first-order chi connectivity index (χ1) is 17.5. The van der Waals surface area contributed by atoms with Crippen molar-refractivity contribution in [2.24, 2.45) is 0 Å². The Morgan fingerprint density at radius 1 is 1.00 bits per heavy atom. The van der Waals surface area contributed by atoms with E-state index in [2.05, 4.69) is 39.6 Å². The van der Waals surface area contributed by atoms with E-state index < -0.39 is 0 Å². The molecule has 8 heteroatoms. The Balaban J connectivity index is 1.22. The largest absolute Gasteiger partial charge is 0.339 e. The van der Waals surface area contributed by atoms with Crippen molar-refractivity contribution in [1.29, 1.82) is 0 Å². The fourth-order valence-corrected chi connectivity index (χ4v) is 4.64. The summed E-state index contributed by atoms with van der Waals surface area (Å²) in [4.78, 5) is 35.8. The number of aromatic nitrogens is 3. The van der Waals surface area contributed by atoms with Gasteiger partial charge in [0.05, 0.1) is 11.9 Å². The molecule has 0 atom stereocenters. The molecule has 4 aromatic rings. The van der Waals surface area contributed by atoms with E-state index in [4.69, 9.17) is 11.6 Å². The van der Waals surface area contributed by atoms with E-state index in [1.807, 2.05) is 34.7 Å². The number of halogens is 1. The molecule has 2 aromatic carbocycles. The van der Waals surface area contributed by atoms with Crippen molar-refractivity contribution in [2.75, 3.05) is 18.4 Å². The van der Waals surface area contributed by atoms with Crippen LogP contribution in [0, 0.1) is 6.92 Å². The second-order valence-corrected chi connectivity index (χ2v) is 9.37. The van der Waals surface area contributed by atoms with Crippen molar-refractivity contribution < 1.29 is 9.59 Å². The predicted octanol–water partition coefficient (Wildman–Crippen LogP) is 5.50. The van der Waals surface area contributed by atoms with Gasteiger partial charge in [-0.3, -0.25) is 9.59 Å². The van der Waals surface area contributed by atoms with Crippen LogP contribution in [-0.2, 0) is 0 Å². The van der Waals surface area contributed by atoms with E-state index in [1.54, 1.807) is 30.7 Å². The molecule has 1 saturated heterocycles. The Morgan fingerprint density at radius 2 is 1.75 bits per heavy atom. The molecule has 1 aliphatic heterocycles. The molecular formula is C28H26ClN5O2. The summed E-state index contributed by atoms with van der Waals surface area (Å²) in [5.74, 6) is 0.103. The summed E-state index contributed by atoms with van der Waals surface area (Å²) in [6.45, 7) is 3.28. The predicted molar refractivity (Wildman–Crippen MR) is 140 cm³/mol. The molecule has 5 rings (SSSR count). The van der Waals surface area contributed by atoms with Gasteiger partial charge in [0.2, 0.25) is 0 Å². The van der Waals surface area contributed by atoms with Gasteiger partial charge in [0.25, 0.3) is 11.8 Å². The average molecular weight is 500 g/mol. The first-order valence-electron chi connectivity index (χ1n) is 11.9. The third-order valence-electron chi connectivity index (χ3n) is 6.67. The summed E-state index contributed by atoms with van der Waals surface area (Å²) in [5.41, 5.74) is 4.82. The monoisotopic (exact) mass is 499 g/mol. The van der Waals surface area contributed by atoms with Crippen molar-refractivity contribution >= 4 is 29.1 Å². The SMILES string of the molecule is Cc1ccc(C(=O)N2CCC(c3ccc(-n4ccnc4)cc3)CC2)cc1NC(=O)c1ccc(Cl)nc1. The number of piperidine rings is 1. The molecule has 1 aliphatic rings. The molecule has 2 amide bonds. The van der Waals surface area contributed by atoms with Crippen LogP contribution in [0.5, 0.6) is 0 Å². The molecule has 1 N–H and O–H groups in total. The van der Waals surface area contributed by atoms with Crippen LogP contribution in [0.25, 0.3) is 5.69 Å². The topological polar surface area (TPSA) is 80.1 Å². The lowest BCUT2D eigenvalue weighted by molar-refractivity contribution is 0.0712. The van der Waals surface area contributed by atoms with Gasteiger partial charge in [-0.05, 0) is 73.2 Å². The smallest absolute Gasteiger partial charge is 0.257 e. The van der Waals surface area contributed by atoms with Crippen LogP contribution < -0.4 is 5.32 Å². The number of hydrogen-bond acceptors (Lipinski definition) is 4. The molecule has 0 unspecified atom stereocenters. The lowest BCUT2D eigenvalue weighted by atomic mass is 9.89. The van der Waals surface area contributed by atoms with Crippen molar-refractivity contribution in [3.8, 4) is 5.69 Å². The number of imidazole rings is 1.